The number of alkyl halides is 2. The summed E-state index contributed by atoms with van der Waals surface area (Å²) >= 11 is 0. The summed E-state index contributed by atoms with van der Waals surface area (Å²) in [5.41, 5.74) is 0. The average Bonchev–Trinajstić information content (AvgIpc) is 2.93. The number of Topliss-reactive ketones (excluding diaryl/α,β-unsaturated/α-hetero) is 1. The van der Waals surface area contributed by atoms with Crippen LogP contribution in [0.5, 0.6) is 0 Å². The van der Waals surface area contributed by atoms with Crippen LogP contribution in [0.15, 0.2) is 0 Å². The first-order chi connectivity index (χ1) is 12.3. The van der Waals surface area contributed by atoms with Crippen LogP contribution in [-0.2, 0) is 9.59 Å². The number of rotatable bonds is 14. The lowest BCUT2D eigenvalue weighted by Crippen LogP contribution is -2.34. The molecule has 0 heterocycles. The molecular formula is C20H34F2O4. The predicted molar refractivity (Wildman–Crippen MR) is 96.3 cm³/mol. The van der Waals surface area contributed by atoms with Crippen LogP contribution in [0.2, 0.25) is 0 Å². The van der Waals surface area contributed by atoms with Crippen molar-refractivity contribution in [2.24, 2.45) is 11.8 Å². The first-order valence-corrected chi connectivity index (χ1v) is 10.1. The Morgan fingerprint density at radius 3 is 2.54 bits per heavy atom. The number of carbonyl (C=O) groups excluding carboxylic acids is 1. The second kappa shape index (κ2) is 11.6. The van der Waals surface area contributed by atoms with Gasteiger partial charge >= 0.3 is 5.97 Å². The van der Waals surface area contributed by atoms with Crippen LogP contribution in [-0.4, -0.2) is 34.0 Å². The minimum absolute atomic E-state index is 0.0454. The summed E-state index contributed by atoms with van der Waals surface area (Å²) in [4.78, 5) is 22.6. The normalized spacial score (nSPS) is 21.9. The number of halogens is 2. The summed E-state index contributed by atoms with van der Waals surface area (Å²) in [5, 5.41) is 18.5. The molecule has 1 rings (SSSR count). The van der Waals surface area contributed by atoms with Gasteiger partial charge < -0.3 is 10.2 Å². The van der Waals surface area contributed by atoms with Crippen LogP contribution in [0, 0.1) is 11.8 Å². The third kappa shape index (κ3) is 8.11. The molecule has 0 aromatic rings. The van der Waals surface area contributed by atoms with Gasteiger partial charge in [-0.2, -0.15) is 0 Å². The minimum Gasteiger partial charge on any atom is -0.481 e. The molecule has 0 radical (unpaired) electrons. The Hall–Kier alpha value is -1.04. The second-order valence-corrected chi connectivity index (χ2v) is 7.68. The molecule has 0 saturated heterocycles. The minimum atomic E-state index is -3.04. The fourth-order valence-corrected chi connectivity index (χ4v) is 3.88. The Kier molecular flexibility index (Phi) is 10.3. The maximum Gasteiger partial charge on any atom is 0.303 e. The Bertz CT molecular complexity index is 440. The summed E-state index contributed by atoms with van der Waals surface area (Å²) in [6.07, 6.45) is 5.09. The molecule has 1 aliphatic rings. The number of aliphatic hydroxyl groups is 1. The maximum absolute atomic E-state index is 13.9. The van der Waals surface area contributed by atoms with E-state index < -0.39 is 18.0 Å². The third-order valence-electron chi connectivity index (χ3n) is 5.56. The molecule has 2 N–H and O–H groups in total. The Balaban J connectivity index is 2.33. The van der Waals surface area contributed by atoms with E-state index in [-0.39, 0.29) is 36.9 Å². The number of hydrogen-bond donors (Lipinski definition) is 2. The monoisotopic (exact) mass is 376 g/mol. The highest BCUT2D eigenvalue weighted by atomic mass is 19.3. The first-order valence-electron chi connectivity index (χ1n) is 10.1. The fourth-order valence-electron chi connectivity index (χ4n) is 3.88. The number of unbranched alkanes of at least 4 members (excludes halogenated alkanes) is 4. The van der Waals surface area contributed by atoms with Gasteiger partial charge in [-0.1, -0.05) is 32.6 Å². The van der Waals surface area contributed by atoms with Gasteiger partial charge in [-0.3, -0.25) is 9.59 Å². The number of carboxylic acids is 1. The summed E-state index contributed by atoms with van der Waals surface area (Å²) in [6, 6.07) is 0. The predicted octanol–water partition coefficient (Wildman–Crippen LogP) is 4.97. The van der Waals surface area contributed by atoms with Crippen molar-refractivity contribution >= 4 is 11.8 Å². The quantitative estimate of drug-likeness (QED) is 0.420. The Morgan fingerprint density at radius 2 is 1.88 bits per heavy atom. The van der Waals surface area contributed by atoms with Crippen LogP contribution in [0.1, 0.15) is 90.4 Å². The van der Waals surface area contributed by atoms with Crippen molar-refractivity contribution in [2.45, 2.75) is 102 Å². The van der Waals surface area contributed by atoms with Crippen LogP contribution < -0.4 is 0 Å². The van der Waals surface area contributed by atoms with Gasteiger partial charge in [-0.15, -0.1) is 0 Å². The lowest BCUT2D eigenvalue weighted by molar-refractivity contribution is -0.137. The molecule has 0 aromatic heterocycles. The highest BCUT2D eigenvalue weighted by molar-refractivity contribution is 5.83. The molecule has 0 bridgehead atoms. The molecule has 6 heteroatoms. The SMILES string of the molecule is CCCCC(F)(F)C(O)CC[C@H]1CCC(=O)[C@@H]1CCCCCCC(=O)O. The summed E-state index contributed by atoms with van der Waals surface area (Å²) < 4.78 is 27.7. The van der Waals surface area contributed by atoms with Crippen molar-refractivity contribution in [3.8, 4) is 0 Å². The molecule has 1 aliphatic carbocycles. The van der Waals surface area contributed by atoms with Crippen molar-refractivity contribution in [3.05, 3.63) is 0 Å². The van der Waals surface area contributed by atoms with Gasteiger partial charge in [-0.05, 0) is 44.4 Å². The largest absolute Gasteiger partial charge is 0.481 e. The van der Waals surface area contributed by atoms with Crippen LogP contribution >= 0.6 is 0 Å². The third-order valence-corrected chi connectivity index (χ3v) is 5.56. The summed E-state index contributed by atoms with van der Waals surface area (Å²) in [6.45, 7) is 1.85. The summed E-state index contributed by atoms with van der Waals surface area (Å²) in [7, 11) is 0. The lowest BCUT2D eigenvalue weighted by atomic mass is 9.85. The topological polar surface area (TPSA) is 74.6 Å². The maximum atomic E-state index is 13.9. The van der Waals surface area contributed by atoms with Gasteiger partial charge in [0.1, 0.15) is 11.9 Å². The van der Waals surface area contributed by atoms with E-state index in [9.17, 15) is 23.5 Å². The standard InChI is InChI=1S/C20H34F2O4/c1-2-3-14-20(21,22)18(24)13-11-15-10-12-17(23)16(15)8-6-4-5-7-9-19(25)26/h15-16,18,24H,2-14H2,1H3,(H,25,26)/t15-,16-,18?/m1/s1. The molecule has 1 unspecified atom stereocenters. The first kappa shape index (κ1) is 23.0. The fraction of sp³-hybridized carbons (Fsp3) is 0.900. The van der Waals surface area contributed by atoms with E-state index >= 15 is 0 Å². The molecule has 1 saturated carbocycles. The molecule has 4 nitrogen and oxygen atoms in total. The number of carboxylic acid groups (broad SMARTS) is 1. The molecule has 1 fully saturated rings. The zero-order valence-corrected chi connectivity index (χ0v) is 15.9. The highest BCUT2D eigenvalue weighted by Gasteiger charge is 2.39. The van der Waals surface area contributed by atoms with Gasteiger partial charge in [-0.25, -0.2) is 8.78 Å². The molecular weight excluding hydrogens is 342 g/mol. The lowest BCUT2D eigenvalue weighted by Gasteiger charge is -2.25. The van der Waals surface area contributed by atoms with E-state index in [1.807, 2.05) is 6.92 Å². The van der Waals surface area contributed by atoms with Gasteiger partial charge in [0.15, 0.2) is 0 Å². The highest BCUT2D eigenvalue weighted by Crippen LogP contribution is 2.38. The van der Waals surface area contributed by atoms with E-state index in [1.165, 1.54) is 0 Å². The van der Waals surface area contributed by atoms with E-state index in [4.69, 9.17) is 5.11 Å². The van der Waals surface area contributed by atoms with Crippen LogP contribution in [0.3, 0.4) is 0 Å². The van der Waals surface area contributed by atoms with Gasteiger partial charge in [0.2, 0.25) is 0 Å². The van der Waals surface area contributed by atoms with Crippen molar-refractivity contribution in [1.82, 2.24) is 0 Å². The smallest absolute Gasteiger partial charge is 0.303 e. The van der Waals surface area contributed by atoms with E-state index in [0.717, 1.165) is 32.1 Å². The van der Waals surface area contributed by atoms with Gasteiger partial charge in [0, 0.05) is 25.2 Å². The number of carbonyl (C=O) groups is 2. The molecule has 0 aliphatic heterocycles. The number of hydrogen-bond acceptors (Lipinski definition) is 3. The Morgan fingerprint density at radius 1 is 1.19 bits per heavy atom. The number of aliphatic carboxylic acids is 1. The summed E-state index contributed by atoms with van der Waals surface area (Å²) in [5.74, 6) is -3.60. The molecule has 152 valence electrons. The van der Waals surface area contributed by atoms with E-state index in [0.29, 0.717) is 32.1 Å². The van der Waals surface area contributed by atoms with E-state index in [1.54, 1.807) is 0 Å². The van der Waals surface area contributed by atoms with Crippen molar-refractivity contribution in [1.29, 1.82) is 0 Å². The number of ketones is 1. The number of aliphatic hydroxyl groups excluding tert-OH is 1. The zero-order valence-electron chi connectivity index (χ0n) is 15.9. The van der Waals surface area contributed by atoms with Gasteiger partial charge in [0.25, 0.3) is 5.92 Å². The van der Waals surface area contributed by atoms with E-state index in [2.05, 4.69) is 0 Å². The van der Waals surface area contributed by atoms with Crippen molar-refractivity contribution in [2.75, 3.05) is 0 Å². The van der Waals surface area contributed by atoms with Crippen molar-refractivity contribution < 1.29 is 28.6 Å². The van der Waals surface area contributed by atoms with Crippen LogP contribution in [0.25, 0.3) is 0 Å². The van der Waals surface area contributed by atoms with Crippen LogP contribution in [0.4, 0.5) is 8.78 Å². The molecule has 0 spiro atoms. The molecule has 0 aromatic carbocycles. The second-order valence-electron chi connectivity index (χ2n) is 7.68. The zero-order chi connectivity index (χ0) is 19.6. The van der Waals surface area contributed by atoms with Gasteiger partial charge in [0.05, 0.1) is 0 Å². The van der Waals surface area contributed by atoms with Crippen molar-refractivity contribution in [3.63, 3.8) is 0 Å². The molecule has 26 heavy (non-hydrogen) atoms. The Labute approximate surface area is 155 Å². The average molecular weight is 376 g/mol. The molecule has 3 atom stereocenters. The molecule has 0 amide bonds.